The number of nitrogens with one attached hydrogen (secondary N) is 1. The Morgan fingerprint density at radius 3 is 1.97 bits per heavy atom. The summed E-state index contributed by atoms with van der Waals surface area (Å²) < 4.78 is 5.47. The quantitative estimate of drug-likeness (QED) is 0.549. The molecule has 0 fully saturated rings. The van der Waals surface area contributed by atoms with Crippen molar-refractivity contribution in [3.63, 3.8) is 0 Å². The van der Waals surface area contributed by atoms with E-state index in [1.165, 1.54) is 13.8 Å². The minimum absolute atomic E-state index is 0.176. The molecule has 0 saturated carbocycles. The molecule has 0 unspecified atom stereocenters. The zero-order chi connectivity index (χ0) is 21.7. The molecule has 0 aliphatic heterocycles. The highest BCUT2D eigenvalue weighted by atomic mass is 35.5. The molecular weight excluding hydrogens is 402 g/mol. The second kappa shape index (κ2) is 9.01. The third kappa shape index (κ3) is 5.39. The molecule has 5 nitrogen and oxygen atoms in total. The highest BCUT2D eigenvalue weighted by Crippen LogP contribution is 2.22. The molecule has 0 heterocycles. The van der Waals surface area contributed by atoms with Crippen molar-refractivity contribution in [3.05, 3.63) is 88.9 Å². The van der Waals surface area contributed by atoms with Crippen molar-refractivity contribution in [1.29, 1.82) is 0 Å². The van der Waals surface area contributed by atoms with E-state index >= 15 is 0 Å². The van der Waals surface area contributed by atoms with Crippen molar-refractivity contribution in [2.75, 3.05) is 0 Å². The molecule has 30 heavy (non-hydrogen) atoms. The summed E-state index contributed by atoms with van der Waals surface area (Å²) in [6, 6.07) is 21.8. The van der Waals surface area contributed by atoms with E-state index in [4.69, 9.17) is 21.4 Å². The fourth-order valence-electron chi connectivity index (χ4n) is 2.75. The molecular formula is C24H22ClNO4. The van der Waals surface area contributed by atoms with Crippen LogP contribution in [0.15, 0.2) is 72.8 Å². The Morgan fingerprint density at radius 1 is 0.900 bits per heavy atom. The molecule has 0 atom stereocenters. The Hall–Kier alpha value is -3.31. The van der Waals surface area contributed by atoms with Gasteiger partial charge in [0.15, 0.2) is 5.60 Å². The first kappa shape index (κ1) is 21.4. The predicted molar refractivity (Wildman–Crippen MR) is 117 cm³/mol. The maximum atomic E-state index is 12.4. The number of halogens is 1. The van der Waals surface area contributed by atoms with Gasteiger partial charge in [-0.3, -0.25) is 4.79 Å². The summed E-state index contributed by atoms with van der Waals surface area (Å²) in [6.45, 7) is 3.32. The zero-order valence-electron chi connectivity index (χ0n) is 16.7. The van der Waals surface area contributed by atoms with Crippen LogP contribution in [0, 0.1) is 0 Å². The van der Waals surface area contributed by atoms with Crippen LogP contribution in [0.25, 0.3) is 11.1 Å². The van der Waals surface area contributed by atoms with Gasteiger partial charge in [0, 0.05) is 17.1 Å². The van der Waals surface area contributed by atoms with E-state index in [-0.39, 0.29) is 5.91 Å². The first-order chi connectivity index (χ1) is 14.2. The number of aliphatic carboxylic acids is 1. The topological polar surface area (TPSA) is 75.6 Å². The van der Waals surface area contributed by atoms with Crippen LogP contribution >= 0.6 is 11.6 Å². The zero-order valence-corrected chi connectivity index (χ0v) is 17.4. The number of ether oxygens (including phenoxy) is 1. The Morgan fingerprint density at radius 2 is 1.43 bits per heavy atom. The number of carbonyl (C=O) groups is 2. The van der Waals surface area contributed by atoms with Crippen LogP contribution in [0.5, 0.6) is 5.75 Å². The van der Waals surface area contributed by atoms with Gasteiger partial charge >= 0.3 is 5.97 Å². The largest absolute Gasteiger partial charge is 0.478 e. The van der Waals surface area contributed by atoms with Crippen LogP contribution in [-0.2, 0) is 11.3 Å². The molecule has 0 bridgehead atoms. The van der Waals surface area contributed by atoms with Crippen LogP contribution in [0.4, 0.5) is 0 Å². The van der Waals surface area contributed by atoms with Gasteiger partial charge in [-0.05, 0) is 66.9 Å². The molecule has 0 aliphatic carbocycles. The summed E-state index contributed by atoms with van der Waals surface area (Å²) >= 11 is 5.92. The van der Waals surface area contributed by atoms with Gasteiger partial charge in [-0.15, -0.1) is 0 Å². The van der Waals surface area contributed by atoms with E-state index in [0.717, 1.165) is 16.7 Å². The van der Waals surface area contributed by atoms with Crippen LogP contribution in [-0.4, -0.2) is 22.6 Å². The number of hydrogen-bond acceptors (Lipinski definition) is 3. The average molecular weight is 424 g/mol. The summed E-state index contributed by atoms with van der Waals surface area (Å²) in [4.78, 5) is 23.6. The third-order valence-corrected chi connectivity index (χ3v) is 4.84. The van der Waals surface area contributed by atoms with Gasteiger partial charge < -0.3 is 15.2 Å². The van der Waals surface area contributed by atoms with Gasteiger partial charge in [0.1, 0.15) is 5.75 Å². The molecule has 2 N–H and O–H groups in total. The van der Waals surface area contributed by atoms with Crippen molar-refractivity contribution in [3.8, 4) is 16.9 Å². The number of carboxylic acids is 1. The van der Waals surface area contributed by atoms with E-state index in [1.807, 2.05) is 36.4 Å². The number of benzene rings is 3. The molecule has 3 aromatic carbocycles. The third-order valence-electron chi connectivity index (χ3n) is 4.59. The van der Waals surface area contributed by atoms with E-state index in [1.54, 1.807) is 36.4 Å². The first-order valence-electron chi connectivity index (χ1n) is 9.40. The number of carbonyl (C=O) groups excluding carboxylic acids is 1. The normalized spacial score (nSPS) is 11.0. The summed E-state index contributed by atoms with van der Waals surface area (Å²) in [6.07, 6.45) is 0. The molecule has 1 amide bonds. The van der Waals surface area contributed by atoms with Gasteiger partial charge in [-0.2, -0.15) is 0 Å². The van der Waals surface area contributed by atoms with Gasteiger partial charge in [0.25, 0.3) is 5.91 Å². The molecule has 0 aliphatic rings. The average Bonchev–Trinajstić information content (AvgIpc) is 2.73. The molecule has 3 rings (SSSR count). The van der Waals surface area contributed by atoms with Crippen LogP contribution in [0.1, 0.15) is 29.8 Å². The lowest BCUT2D eigenvalue weighted by atomic mass is 10.0. The van der Waals surface area contributed by atoms with Gasteiger partial charge in [0.2, 0.25) is 0 Å². The van der Waals surface area contributed by atoms with Gasteiger partial charge in [-0.25, -0.2) is 4.79 Å². The monoisotopic (exact) mass is 423 g/mol. The second-order valence-electron chi connectivity index (χ2n) is 7.33. The van der Waals surface area contributed by atoms with Gasteiger partial charge in [-0.1, -0.05) is 48.0 Å². The standard InChI is InChI=1S/C24H22ClNO4/c1-24(2,23(28)29)30-21-13-3-16(4-14-21)15-26-22(27)19-7-5-17(6-8-19)18-9-11-20(25)12-10-18/h3-14H,15H2,1-2H3,(H,26,27)(H,28,29). The summed E-state index contributed by atoms with van der Waals surface area (Å²) in [5.74, 6) is -0.763. The highest BCUT2D eigenvalue weighted by Gasteiger charge is 2.29. The van der Waals surface area contributed by atoms with Crippen molar-refractivity contribution >= 4 is 23.5 Å². The predicted octanol–water partition coefficient (Wildman–Crippen LogP) is 5.18. The Labute approximate surface area is 180 Å². The Kier molecular flexibility index (Phi) is 6.43. The maximum absolute atomic E-state index is 12.4. The minimum atomic E-state index is -1.31. The molecule has 154 valence electrons. The molecule has 3 aromatic rings. The lowest BCUT2D eigenvalue weighted by molar-refractivity contribution is -0.152. The summed E-state index contributed by atoms with van der Waals surface area (Å²) in [5.41, 5.74) is 2.16. The lowest BCUT2D eigenvalue weighted by Crippen LogP contribution is -2.37. The Balaban J connectivity index is 1.57. The molecule has 0 saturated heterocycles. The van der Waals surface area contributed by atoms with Crippen LogP contribution in [0.2, 0.25) is 5.02 Å². The number of carboxylic acid groups (broad SMARTS) is 1. The summed E-state index contributed by atoms with van der Waals surface area (Å²) in [5, 5.41) is 12.7. The number of rotatable bonds is 7. The van der Waals surface area contributed by atoms with Crippen molar-refractivity contribution in [2.45, 2.75) is 26.0 Å². The van der Waals surface area contributed by atoms with E-state index in [2.05, 4.69) is 5.32 Å². The first-order valence-corrected chi connectivity index (χ1v) is 9.78. The number of amides is 1. The van der Waals surface area contributed by atoms with E-state index < -0.39 is 11.6 Å². The maximum Gasteiger partial charge on any atom is 0.347 e. The molecule has 0 aromatic heterocycles. The highest BCUT2D eigenvalue weighted by molar-refractivity contribution is 6.30. The van der Waals surface area contributed by atoms with Crippen molar-refractivity contribution in [1.82, 2.24) is 5.32 Å². The van der Waals surface area contributed by atoms with Crippen molar-refractivity contribution in [2.24, 2.45) is 0 Å². The number of hydrogen-bond donors (Lipinski definition) is 2. The Bertz CT molecular complexity index is 1030. The lowest BCUT2D eigenvalue weighted by Gasteiger charge is -2.21. The summed E-state index contributed by atoms with van der Waals surface area (Å²) in [7, 11) is 0. The van der Waals surface area contributed by atoms with E-state index in [0.29, 0.717) is 22.9 Å². The van der Waals surface area contributed by atoms with Crippen LogP contribution in [0.3, 0.4) is 0 Å². The van der Waals surface area contributed by atoms with Crippen molar-refractivity contribution < 1.29 is 19.4 Å². The molecule has 0 radical (unpaired) electrons. The molecule has 6 heteroatoms. The fourth-order valence-corrected chi connectivity index (χ4v) is 2.88. The molecule has 0 spiro atoms. The van der Waals surface area contributed by atoms with Crippen LogP contribution < -0.4 is 10.1 Å². The second-order valence-corrected chi connectivity index (χ2v) is 7.76. The smallest absolute Gasteiger partial charge is 0.347 e. The fraction of sp³-hybridized carbons (Fsp3) is 0.167. The SMILES string of the molecule is CC(C)(Oc1ccc(CNC(=O)c2ccc(-c3ccc(Cl)cc3)cc2)cc1)C(=O)O. The van der Waals surface area contributed by atoms with Gasteiger partial charge in [0.05, 0.1) is 0 Å². The minimum Gasteiger partial charge on any atom is -0.478 e. The van der Waals surface area contributed by atoms with E-state index in [9.17, 15) is 9.59 Å².